The van der Waals surface area contributed by atoms with Crippen LogP contribution in [0.15, 0.2) is 97.1 Å². The molecular weight excluding hydrogens is 344 g/mol. The lowest BCUT2D eigenvalue weighted by Gasteiger charge is -2.27. The SMILES string of the molecule is COc1ccc(C2C=C(c3ccccc3)Oc3ccc4ccccc4c32)cc1. The Morgan fingerprint density at radius 3 is 2.29 bits per heavy atom. The third-order valence-corrected chi connectivity index (χ3v) is 5.31. The van der Waals surface area contributed by atoms with Crippen molar-refractivity contribution in [1.82, 2.24) is 0 Å². The number of methoxy groups -OCH3 is 1. The first-order chi connectivity index (χ1) is 13.8. The molecule has 1 heterocycles. The third kappa shape index (κ3) is 2.84. The van der Waals surface area contributed by atoms with E-state index in [9.17, 15) is 0 Å². The molecule has 0 aromatic heterocycles. The fraction of sp³-hybridized carbons (Fsp3) is 0.0769. The Labute approximate surface area is 164 Å². The van der Waals surface area contributed by atoms with Gasteiger partial charge in [-0.1, -0.05) is 72.8 Å². The van der Waals surface area contributed by atoms with Gasteiger partial charge in [-0.05, 0) is 40.6 Å². The molecule has 0 spiro atoms. The summed E-state index contributed by atoms with van der Waals surface area (Å²) < 4.78 is 11.7. The summed E-state index contributed by atoms with van der Waals surface area (Å²) in [5.74, 6) is 2.78. The first kappa shape index (κ1) is 16.6. The van der Waals surface area contributed by atoms with Crippen LogP contribution in [0.4, 0.5) is 0 Å². The van der Waals surface area contributed by atoms with E-state index in [4.69, 9.17) is 9.47 Å². The summed E-state index contributed by atoms with van der Waals surface area (Å²) in [6, 6.07) is 31.3. The highest BCUT2D eigenvalue weighted by Gasteiger charge is 2.26. The van der Waals surface area contributed by atoms with E-state index in [-0.39, 0.29) is 5.92 Å². The second kappa shape index (κ2) is 6.90. The summed E-state index contributed by atoms with van der Waals surface area (Å²) in [6.45, 7) is 0. The molecule has 4 aromatic rings. The van der Waals surface area contributed by atoms with Gasteiger partial charge in [0.1, 0.15) is 17.3 Å². The van der Waals surface area contributed by atoms with Gasteiger partial charge >= 0.3 is 0 Å². The van der Waals surface area contributed by atoms with Gasteiger partial charge in [-0.25, -0.2) is 0 Å². The van der Waals surface area contributed by atoms with E-state index in [0.717, 1.165) is 22.8 Å². The second-order valence-electron chi connectivity index (χ2n) is 6.95. The highest BCUT2D eigenvalue weighted by atomic mass is 16.5. The van der Waals surface area contributed by atoms with Crippen LogP contribution in [0.3, 0.4) is 0 Å². The average molecular weight is 364 g/mol. The highest BCUT2D eigenvalue weighted by Crippen LogP contribution is 2.44. The maximum Gasteiger partial charge on any atom is 0.132 e. The van der Waals surface area contributed by atoms with E-state index in [1.54, 1.807) is 7.11 Å². The van der Waals surface area contributed by atoms with Crippen LogP contribution >= 0.6 is 0 Å². The van der Waals surface area contributed by atoms with Crippen LogP contribution in [0.5, 0.6) is 11.5 Å². The molecule has 136 valence electrons. The monoisotopic (exact) mass is 364 g/mol. The molecule has 0 bridgehead atoms. The first-order valence-electron chi connectivity index (χ1n) is 9.44. The standard InChI is InChI=1S/C26H20O2/c1-27-21-14-11-19(12-15-21)23-17-25(20-8-3-2-4-9-20)28-24-16-13-18-7-5-6-10-22(18)26(23)24/h2-17,23H,1H3. The molecule has 2 heteroatoms. The normalized spacial score (nSPS) is 15.5. The minimum absolute atomic E-state index is 0.107. The van der Waals surface area contributed by atoms with Crippen molar-refractivity contribution in [3.8, 4) is 11.5 Å². The summed E-state index contributed by atoms with van der Waals surface area (Å²) in [7, 11) is 1.69. The molecule has 0 fully saturated rings. The predicted molar refractivity (Wildman–Crippen MR) is 114 cm³/mol. The van der Waals surface area contributed by atoms with E-state index < -0.39 is 0 Å². The van der Waals surface area contributed by atoms with E-state index in [0.29, 0.717) is 0 Å². The molecular formula is C26H20O2. The lowest BCUT2D eigenvalue weighted by molar-refractivity contribution is 0.414. The van der Waals surface area contributed by atoms with Crippen LogP contribution in [-0.4, -0.2) is 7.11 Å². The molecule has 1 unspecified atom stereocenters. The van der Waals surface area contributed by atoms with Gasteiger partial charge in [-0.3, -0.25) is 0 Å². The quantitative estimate of drug-likeness (QED) is 0.418. The van der Waals surface area contributed by atoms with Crippen molar-refractivity contribution in [2.24, 2.45) is 0 Å². The van der Waals surface area contributed by atoms with Gasteiger partial charge in [-0.2, -0.15) is 0 Å². The summed E-state index contributed by atoms with van der Waals surface area (Å²) in [5, 5.41) is 2.45. The molecule has 0 N–H and O–H groups in total. The number of benzene rings is 4. The molecule has 1 atom stereocenters. The van der Waals surface area contributed by atoms with Crippen molar-refractivity contribution in [3.63, 3.8) is 0 Å². The topological polar surface area (TPSA) is 18.5 Å². The highest BCUT2D eigenvalue weighted by molar-refractivity contribution is 5.90. The molecule has 28 heavy (non-hydrogen) atoms. The van der Waals surface area contributed by atoms with Gasteiger partial charge in [0.15, 0.2) is 0 Å². The van der Waals surface area contributed by atoms with E-state index in [1.165, 1.54) is 21.9 Å². The largest absolute Gasteiger partial charge is 0.497 e. The molecule has 0 aliphatic carbocycles. The minimum atomic E-state index is 0.107. The number of ether oxygens (including phenoxy) is 2. The molecule has 0 amide bonds. The van der Waals surface area contributed by atoms with Crippen molar-refractivity contribution < 1.29 is 9.47 Å². The van der Waals surface area contributed by atoms with Crippen LogP contribution in [0.25, 0.3) is 16.5 Å². The minimum Gasteiger partial charge on any atom is -0.497 e. The van der Waals surface area contributed by atoms with E-state index in [2.05, 4.69) is 66.7 Å². The summed E-state index contributed by atoms with van der Waals surface area (Å²) in [6.07, 6.45) is 2.23. The van der Waals surface area contributed by atoms with Gasteiger partial charge in [-0.15, -0.1) is 0 Å². The van der Waals surface area contributed by atoms with Crippen LogP contribution in [0, 0.1) is 0 Å². The molecule has 1 aliphatic heterocycles. The predicted octanol–water partition coefficient (Wildman–Crippen LogP) is 6.41. The summed E-state index contributed by atoms with van der Waals surface area (Å²) in [4.78, 5) is 0. The summed E-state index contributed by atoms with van der Waals surface area (Å²) in [5.41, 5.74) is 3.51. The smallest absolute Gasteiger partial charge is 0.132 e. The Bertz CT molecular complexity index is 1160. The maximum absolute atomic E-state index is 6.36. The van der Waals surface area contributed by atoms with Gasteiger partial charge < -0.3 is 9.47 Å². The zero-order valence-corrected chi connectivity index (χ0v) is 15.6. The lowest BCUT2D eigenvalue weighted by atomic mass is 9.84. The van der Waals surface area contributed by atoms with Crippen molar-refractivity contribution in [2.45, 2.75) is 5.92 Å². The molecule has 4 aromatic carbocycles. The van der Waals surface area contributed by atoms with Crippen LogP contribution in [0.1, 0.15) is 22.6 Å². The molecule has 0 radical (unpaired) electrons. The Hall–Kier alpha value is -3.52. The average Bonchev–Trinajstić information content (AvgIpc) is 2.79. The molecule has 0 saturated heterocycles. The first-order valence-corrected chi connectivity index (χ1v) is 9.44. The van der Waals surface area contributed by atoms with Crippen LogP contribution in [0.2, 0.25) is 0 Å². The zero-order valence-electron chi connectivity index (χ0n) is 15.6. The Kier molecular flexibility index (Phi) is 4.10. The van der Waals surface area contributed by atoms with Crippen LogP contribution in [-0.2, 0) is 0 Å². The van der Waals surface area contributed by atoms with Crippen molar-refractivity contribution in [1.29, 1.82) is 0 Å². The number of fused-ring (bicyclic) bond motifs is 3. The summed E-state index contributed by atoms with van der Waals surface area (Å²) >= 11 is 0. The number of hydrogen-bond donors (Lipinski definition) is 0. The van der Waals surface area contributed by atoms with Gasteiger partial charge in [0.05, 0.1) is 7.11 Å². The molecule has 1 aliphatic rings. The maximum atomic E-state index is 6.36. The zero-order chi connectivity index (χ0) is 18.9. The van der Waals surface area contributed by atoms with Gasteiger partial charge in [0.2, 0.25) is 0 Å². The van der Waals surface area contributed by atoms with Crippen molar-refractivity contribution in [3.05, 3.63) is 114 Å². The van der Waals surface area contributed by atoms with Gasteiger partial charge in [0, 0.05) is 17.0 Å². The number of allylic oxidation sites excluding steroid dienone is 1. The number of rotatable bonds is 3. The Morgan fingerprint density at radius 2 is 1.50 bits per heavy atom. The van der Waals surface area contributed by atoms with Gasteiger partial charge in [0.25, 0.3) is 0 Å². The molecule has 2 nitrogen and oxygen atoms in total. The Balaban J connectivity index is 1.72. The lowest BCUT2D eigenvalue weighted by Crippen LogP contribution is -2.11. The van der Waals surface area contributed by atoms with E-state index in [1.807, 2.05) is 30.3 Å². The Morgan fingerprint density at radius 1 is 0.750 bits per heavy atom. The third-order valence-electron chi connectivity index (χ3n) is 5.31. The van der Waals surface area contributed by atoms with Crippen LogP contribution < -0.4 is 9.47 Å². The molecule has 5 rings (SSSR count). The fourth-order valence-corrected chi connectivity index (χ4v) is 3.90. The second-order valence-corrected chi connectivity index (χ2v) is 6.95. The van der Waals surface area contributed by atoms with Crippen molar-refractivity contribution >= 4 is 16.5 Å². The van der Waals surface area contributed by atoms with E-state index >= 15 is 0 Å². The fourth-order valence-electron chi connectivity index (χ4n) is 3.90. The number of hydrogen-bond acceptors (Lipinski definition) is 2. The molecule has 0 saturated carbocycles. The van der Waals surface area contributed by atoms with Crippen molar-refractivity contribution in [2.75, 3.05) is 7.11 Å².